The van der Waals surface area contributed by atoms with Crippen LogP contribution in [0, 0.1) is 0 Å². The summed E-state index contributed by atoms with van der Waals surface area (Å²) in [6, 6.07) is 0.658. The topological polar surface area (TPSA) is 104 Å². The van der Waals surface area contributed by atoms with Crippen LogP contribution in [0.3, 0.4) is 0 Å². The average Bonchev–Trinajstić information content (AvgIpc) is 2.93. The number of nitrogens with one attached hydrogen (secondary N) is 1. The number of amides is 2. The van der Waals surface area contributed by atoms with Crippen LogP contribution >= 0.6 is 11.6 Å². The molecule has 1 fully saturated rings. The van der Waals surface area contributed by atoms with Crippen molar-refractivity contribution < 1.29 is 19.1 Å². The molecule has 8 heteroatoms. The number of nitrogens with two attached hydrogens (primary N) is 1. The van der Waals surface area contributed by atoms with Gasteiger partial charge in [0.1, 0.15) is 17.2 Å². The first-order valence-electron chi connectivity index (χ1n) is 6.47. The van der Waals surface area contributed by atoms with Gasteiger partial charge in [-0.2, -0.15) is 0 Å². The number of pyridine rings is 1. The predicted octanol–water partition coefficient (Wildman–Crippen LogP) is 0.506. The predicted molar refractivity (Wildman–Crippen MR) is 75.2 cm³/mol. The molecule has 1 aromatic rings. The molecular formula is C13H16ClN3O4. The van der Waals surface area contributed by atoms with E-state index in [9.17, 15) is 9.59 Å². The Bertz CT molecular complexity index is 546. The highest BCUT2D eigenvalue weighted by Gasteiger charge is 2.20. The zero-order chi connectivity index (χ0) is 15.4. The molecular weight excluding hydrogens is 298 g/mol. The van der Waals surface area contributed by atoms with Crippen LogP contribution in [0.1, 0.15) is 23.7 Å². The lowest BCUT2D eigenvalue weighted by atomic mass is 10.2. The first-order valence-corrected chi connectivity index (χ1v) is 6.85. The van der Waals surface area contributed by atoms with Crippen molar-refractivity contribution in [3.05, 3.63) is 22.8 Å². The van der Waals surface area contributed by atoms with E-state index in [4.69, 9.17) is 26.8 Å². The number of rotatable bonds is 5. The molecule has 0 bridgehead atoms. The van der Waals surface area contributed by atoms with Crippen molar-refractivity contribution in [2.45, 2.75) is 25.5 Å². The molecule has 3 N–H and O–H groups in total. The number of aromatic nitrogens is 1. The van der Waals surface area contributed by atoms with Crippen LogP contribution in [0.25, 0.3) is 0 Å². The van der Waals surface area contributed by atoms with E-state index >= 15 is 0 Å². The van der Waals surface area contributed by atoms with Crippen LogP contribution in [0.15, 0.2) is 12.3 Å². The normalized spacial score (nSPS) is 19.0. The van der Waals surface area contributed by atoms with E-state index < -0.39 is 17.9 Å². The molecule has 2 atom stereocenters. The molecule has 2 rings (SSSR count). The number of nitrogens with zero attached hydrogens (tertiary/aromatic N) is 1. The summed E-state index contributed by atoms with van der Waals surface area (Å²) in [6.45, 7) is 2.64. The van der Waals surface area contributed by atoms with Crippen LogP contribution in [0.5, 0.6) is 5.88 Å². The second-order valence-electron chi connectivity index (χ2n) is 4.71. The first kappa shape index (κ1) is 15.5. The summed E-state index contributed by atoms with van der Waals surface area (Å²) in [5.41, 5.74) is 5.31. The minimum Gasteiger partial charge on any atom is -0.471 e. The minimum absolute atomic E-state index is 0.0791. The van der Waals surface area contributed by atoms with Crippen molar-refractivity contribution in [1.29, 1.82) is 0 Å². The van der Waals surface area contributed by atoms with Gasteiger partial charge in [-0.05, 0) is 13.0 Å². The third-order valence-electron chi connectivity index (χ3n) is 3.01. The van der Waals surface area contributed by atoms with E-state index in [0.29, 0.717) is 13.2 Å². The largest absolute Gasteiger partial charge is 0.471 e. The first-order chi connectivity index (χ1) is 9.97. The van der Waals surface area contributed by atoms with Gasteiger partial charge in [0.25, 0.3) is 5.91 Å². The zero-order valence-electron chi connectivity index (χ0n) is 11.5. The SMILES string of the molecule is CC(NC(=O)c1cnc(OC2CCOC2)c(Cl)c1)C(N)=O. The Morgan fingerprint density at radius 2 is 2.38 bits per heavy atom. The van der Waals surface area contributed by atoms with Gasteiger partial charge in [0.05, 0.1) is 18.8 Å². The fourth-order valence-corrected chi connectivity index (χ4v) is 1.96. The van der Waals surface area contributed by atoms with E-state index in [1.807, 2.05) is 0 Å². The number of hydrogen-bond acceptors (Lipinski definition) is 5. The van der Waals surface area contributed by atoms with Gasteiger partial charge in [0.15, 0.2) is 0 Å². The Balaban J connectivity index is 2.03. The van der Waals surface area contributed by atoms with Crippen molar-refractivity contribution >= 4 is 23.4 Å². The Hall–Kier alpha value is -1.86. The molecule has 114 valence electrons. The summed E-state index contributed by atoms with van der Waals surface area (Å²) in [6.07, 6.45) is 2.03. The quantitative estimate of drug-likeness (QED) is 0.824. The van der Waals surface area contributed by atoms with Crippen molar-refractivity contribution in [2.24, 2.45) is 5.73 Å². The lowest BCUT2D eigenvalue weighted by Crippen LogP contribution is -2.42. The molecule has 1 aliphatic heterocycles. The Morgan fingerprint density at radius 3 is 2.95 bits per heavy atom. The van der Waals surface area contributed by atoms with Gasteiger partial charge in [-0.15, -0.1) is 0 Å². The van der Waals surface area contributed by atoms with E-state index in [-0.39, 0.29) is 22.6 Å². The molecule has 0 spiro atoms. The van der Waals surface area contributed by atoms with Crippen LogP contribution in [0.4, 0.5) is 0 Å². The van der Waals surface area contributed by atoms with E-state index in [2.05, 4.69) is 10.3 Å². The summed E-state index contributed by atoms with van der Waals surface area (Å²) in [5.74, 6) is -0.846. The van der Waals surface area contributed by atoms with E-state index in [1.54, 1.807) is 0 Å². The lowest BCUT2D eigenvalue weighted by molar-refractivity contribution is -0.119. The maximum atomic E-state index is 11.9. The van der Waals surface area contributed by atoms with Gasteiger partial charge < -0.3 is 20.5 Å². The molecule has 1 saturated heterocycles. The number of hydrogen-bond donors (Lipinski definition) is 2. The summed E-state index contributed by atoms with van der Waals surface area (Å²) in [4.78, 5) is 26.8. The molecule has 7 nitrogen and oxygen atoms in total. The van der Waals surface area contributed by atoms with Crippen LogP contribution in [-0.2, 0) is 9.53 Å². The molecule has 0 saturated carbocycles. The second-order valence-corrected chi connectivity index (χ2v) is 5.12. The maximum Gasteiger partial charge on any atom is 0.253 e. The summed E-state index contributed by atoms with van der Waals surface area (Å²) < 4.78 is 10.8. The van der Waals surface area contributed by atoms with Crippen LogP contribution in [0.2, 0.25) is 5.02 Å². The molecule has 2 amide bonds. The lowest BCUT2D eigenvalue weighted by Gasteiger charge is -2.13. The highest BCUT2D eigenvalue weighted by Crippen LogP contribution is 2.25. The van der Waals surface area contributed by atoms with E-state index in [1.165, 1.54) is 19.2 Å². The van der Waals surface area contributed by atoms with Gasteiger partial charge >= 0.3 is 0 Å². The molecule has 1 aromatic heterocycles. The number of halogens is 1. The van der Waals surface area contributed by atoms with E-state index in [0.717, 1.165) is 6.42 Å². The van der Waals surface area contributed by atoms with Gasteiger partial charge in [-0.3, -0.25) is 9.59 Å². The molecule has 1 aliphatic rings. The highest BCUT2D eigenvalue weighted by atomic mass is 35.5. The fraction of sp³-hybridized carbons (Fsp3) is 0.462. The average molecular weight is 314 g/mol. The van der Waals surface area contributed by atoms with Crippen molar-refractivity contribution in [3.8, 4) is 5.88 Å². The Morgan fingerprint density at radius 1 is 1.62 bits per heavy atom. The van der Waals surface area contributed by atoms with Crippen molar-refractivity contribution in [2.75, 3.05) is 13.2 Å². The van der Waals surface area contributed by atoms with Gasteiger partial charge in [-0.25, -0.2) is 4.98 Å². The highest BCUT2D eigenvalue weighted by molar-refractivity contribution is 6.32. The minimum atomic E-state index is -0.775. The van der Waals surface area contributed by atoms with Gasteiger partial charge in [-0.1, -0.05) is 11.6 Å². The Labute approximate surface area is 126 Å². The summed E-state index contributed by atoms with van der Waals surface area (Å²) in [7, 11) is 0. The summed E-state index contributed by atoms with van der Waals surface area (Å²) in [5, 5.41) is 2.67. The molecule has 0 radical (unpaired) electrons. The molecule has 2 heterocycles. The number of primary amides is 1. The standard InChI is InChI=1S/C13H16ClN3O4/c1-7(11(15)18)17-12(19)8-4-10(14)13(16-5-8)21-9-2-3-20-6-9/h4-5,7,9H,2-3,6H2,1H3,(H2,15,18)(H,17,19). The third-order valence-corrected chi connectivity index (χ3v) is 3.28. The fourth-order valence-electron chi connectivity index (χ4n) is 1.75. The Kier molecular flexibility index (Phi) is 4.98. The molecule has 21 heavy (non-hydrogen) atoms. The maximum absolute atomic E-state index is 11.9. The molecule has 0 aliphatic carbocycles. The third kappa shape index (κ3) is 4.05. The molecule has 0 aromatic carbocycles. The monoisotopic (exact) mass is 313 g/mol. The van der Waals surface area contributed by atoms with Crippen LogP contribution in [-0.4, -0.2) is 42.2 Å². The van der Waals surface area contributed by atoms with Gasteiger partial charge in [0, 0.05) is 12.6 Å². The van der Waals surface area contributed by atoms with Crippen molar-refractivity contribution in [1.82, 2.24) is 10.3 Å². The van der Waals surface area contributed by atoms with Crippen molar-refractivity contribution in [3.63, 3.8) is 0 Å². The second kappa shape index (κ2) is 6.73. The summed E-state index contributed by atoms with van der Waals surface area (Å²) >= 11 is 6.05. The van der Waals surface area contributed by atoms with Crippen LogP contribution < -0.4 is 15.8 Å². The zero-order valence-corrected chi connectivity index (χ0v) is 12.2. The van der Waals surface area contributed by atoms with Gasteiger partial charge in [0.2, 0.25) is 11.8 Å². The molecule has 2 unspecified atom stereocenters. The smallest absolute Gasteiger partial charge is 0.253 e. The number of ether oxygens (including phenoxy) is 2. The number of carbonyl (C=O) groups is 2. The number of carbonyl (C=O) groups excluding carboxylic acids is 2.